The minimum absolute atomic E-state index is 0.147. The second-order valence-corrected chi connectivity index (χ2v) is 5.56. The molecule has 14 heavy (non-hydrogen) atoms. The Bertz CT molecular complexity index is 179. The van der Waals surface area contributed by atoms with E-state index in [1.54, 1.807) is 0 Å². The molecule has 0 amide bonds. The van der Waals surface area contributed by atoms with Crippen LogP contribution >= 0.6 is 0 Å². The van der Waals surface area contributed by atoms with Crippen LogP contribution < -0.4 is 0 Å². The van der Waals surface area contributed by atoms with Crippen molar-refractivity contribution in [2.24, 2.45) is 5.41 Å². The lowest BCUT2D eigenvalue weighted by Gasteiger charge is -2.25. The third-order valence-electron chi connectivity index (χ3n) is 2.53. The first-order chi connectivity index (χ1) is 6.37. The van der Waals surface area contributed by atoms with E-state index in [2.05, 4.69) is 20.8 Å². The van der Waals surface area contributed by atoms with E-state index in [4.69, 9.17) is 0 Å². The number of rotatable bonds is 3. The molecular formula is C11H22FNO. The number of aliphatic hydroxyl groups is 1. The minimum Gasteiger partial charge on any atom is -0.392 e. The number of aliphatic hydroxyl groups excluding tert-OH is 1. The number of nitrogens with zero attached hydrogens (tertiary/aromatic N) is 1. The van der Waals surface area contributed by atoms with Crippen molar-refractivity contribution in [1.29, 1.82) is 0 Å². The quantitative estimate of drug-likeness (QED) is 0.756. The lowest BCUT2D eigenvalue weighted by atomic mass is 9.89. The summed E-state index contributed by atoms with van der Waals surface area (Å²) in [5, 5.41) is 9.77. The maximum Gasteiger partial charge on any atom is 0.114 e. The number of likely N-dealkylation sites (tertiary alicyclic amines) is 1. The third-order valence-corrected chi connectivity index (χ3v) is 2.53. The van der Waals surface area contributed by atoms with E-state index in [-0.39, 0.29) is 11.5 Å². The Labute approximate surface area is 86.1 Å². The van der Waals surface area contributed by atoms with Crippen LogP contribution in [0.5, 0.6) is 0 Å². The molecule has 0 radical (unpaired) electrons. The van der Waals surface area contributed by atoms with Crippen LogP contribution in [-0.4, -0.2) is 41.9 Å². The highest BCUT2D eigenvalue weighted by Gasteiger charge is 2.25. The van der Waals surface area contributed by atoms with Crippen molar-refractivity contribution in [2.75, 3.05) is 19.6 Å². The van der Waals surface area contributed by atoms with E-state index in [1.165, 1.54) is 0 Å². The van der Waals surface area contributed by atoms with Crippen LogP contribution in [0.15, 0.2) is 0 Å². The Hall–Kier alpha value is -0.150. The third kappa shape index (κ3) is 4.38. The maximum absolute atomic E-state index is 12.8. The molecular weight excluding hydrogens is 181 g/mol. The van der Waals surface area contributed by atoms with Crippen molar-refractivity contribution in [3.8, 4) is 0 Å². The minimum atomic E-state index is -0.683. The zero-order valence-electron chi connectivity index (χ0n) is 9.46. The number of hydrogen-bond acceptors (Lipinski definition) is 2. The van der Waals surface area contributed by atoms with E-state index in [1.807, 2.05) is 4.90 Å². The summed E-state index contributed by atoms with van der Waals surface area (Å²) < 4.78 is 12.8. The van der Waals surface area contributed by atoms with Gasteiger partial charge in [0.05, 0.1) is 6.10 Å². The molecule has 84 valence electrons. The van der Waals surface area contributed by atoms with E-state index in [0.29, 0.717) is 19.5 Å². The topological polar surface area (TPSA) is 23.5 Å². The molecule has 0 saturated carbocycles. The molecule has 0 bridgehead atoms. The fraction of sp³-hybridized carbons (Fsp3) is 1.00. The van der Waals surface area contributed by atoms with Crippen LogP contribution in [0.25, 0.3) is 0 Å². The highest BCUT2D eigenvalue weighted by molar-refractivity contribution is 4.78. The van der Waals surface area contributed by atoms with Gasteiger partial charge in [0.2, 0.25) is 0 Å². The smallest absolute Gasteiger partial charge is 0.114 e. The van der Waals surface area contributed by atoms with E-state index < -0.39 is 6.17 Å². The van der Waals surface area contributed by atoms with Crippen molar-refractivity contribution >= 4 is 0 Å². The maximum atomic E-state index is 12.8. The second-order valence-electron chi connectivity index (χ2n) is 5.56. The van der Waals surface area contributed by atoms with Gasteiger partial charge in [-0.1, -0.05) is 20.8 Å². The molecule has 1 aliphatic heterocycles. The monoisotopic (exact) mass is 203 g/mol. The first-order valence-electron chi connectivity index (χ1n) is 5.41. The Morgan fingerprint density at radius 3 is 2.57 bits per heavy atom. The molecule has 2 atom stereocenters. The molecule has 1 saturated heterocycles. The van der Waals surface area contributed by atoms with Crippen LogP contribution in [-0.2, 0) is 0 Å². The van der Waals surface area contributed by atoms with Gasteiger partial charge >= 0.3 is 0 Å². The summed E-state index contributed by atoms with van der Waals surface area (Å²) >= 11 is 0. The highest BCUT2D eigenvalue weighted by atomic mass is 19.1. The summed E-state index contributed by atoms with van der Waals surface area (Å²) in [4.78, 5) is 2.01. The zero-order valence-corrected chi connectivity index (χ0v) is 9.46. The molecule has 0 aromatic rings. The Morgan fingerprint density at radius 1 is 1.50 bits per heavy atom. The standard InChI is InChI=1S/C11H22FNO/c1-11(2,3)6-10(14)8-13-5-4-9(12)7-13/h9-10,14H,4-8H2,1-3H3. The summed E-state index contributed by atoms with van der Waals surface area (Å²) in [6, 6.07) is 0. The molecule has 0 aromatic carbocycles. The van der Waals surface area contributed by atoms with Gasteiger partial charge in [0, 0.05) is 19.6 Å². The van der Waals surface area contributed by atoms with Gasteiger partial charge in [0.15, 0.2) is 0 Å². The summed E-state index contributed by atoms with van der Waals surface area (Å²) in [6.07, 6.45) is 0.403. The number of alkyl halides is 1. The van der Waals surface area contributed by atoms with Gasteiger partial charge < -0.3 is 5.11 Å². The van der Waals surface area contributed by atoms with Gasteiger partial charge in [0.1, 0.15) is 6.17 Å². The average molecular weight is 203 g/mol. The number of hydrogen-bond donors (Lipinski definition) is 1. The van der Waals surface area contributed by atoms with E-state index >= 15 is 0 Å². The molecule has 0 spiro atoms. The van der Waals surface area contributed by atoms with Crippen molar-refractivity contribution in [2.45, 2.75) is 45.9 Å². The van der Waals surface area contributed by atoms with Gasteiger partial charge in [-0.3, -0.25) is 4.90 Å². The molecule has 1 heterocycles. The first-order valence-corrected chi connectivity index (χ1v) is 5.41. The number of β-amino-alcohol motifs (C(OH)–C–C–N with tert-alkyl or cyclic N) is 1. The van der Waals surface area contributed by atoms with Crippen molar-refractivity contribution in [3.05, 3.63) is 0 Å². The molecule has 0 aliphatic carbocycles. The normalized spacial score (nSPS) is 26.8. The first kappa shape index (κ1) is 11.9. The fourth-order valence-corrected chi connectivity index (χ4v) is 2.02. The van der Waals surface area contributed by atoms with Crippen molar-refractivity contribution in [1.82, 2.24) is 4.90 Å². The molecule has 1 aliphatic rings. The predicted molar refractivity (Wildman–Crippen MR) is 56.0 cm³/mol. The molecule has 3 heteroatoms. The van der Waals surface area contributed by atoms with Gasteiger partial charge in [0.25, 0.3) is 0 Å². The lowest BCUT2D eigenvalue weighted by molar-refractivity contribution is 0.0833. The van der Waals surface area contributed by atoms with Crippen molar-refractivity contribution in [3.63, 3.8) is 0 Å². The van der Waals surface area contributed by atoms with Crippen LogP contribution in [0, 0.1) is 5.41 Å². The highest BCUT2D eigenvalue weighted by Crippen LogP contribution is 2.22. The molecule has 2 unspecified atom stereocenters. The second kappa shape index (κ2) is 4.58. The van der Waals surface area contributed by atoms with Gasteiger partial charge in [-0.05, 0) is 18.3 Å². The molecule has 2 nitrogen and oxygen atoms in total. The van der Waals surface area contributed by atoms with Crippen molar-refractivity contribution < 1.29 is 9.50 Å². The summed E-state index contributed by atoms with van der Waals surface area (Å²) in [6.45, 7) is 8.25. The van der Waals surface area contributed by atoms with Crippen LogP contribution in [0.2, 0.25) is 0 Å². The Balaban J connectivity index is 2.24. The van der Waals surface area contributed by atoms with Crippen LogP contribution in [0.3, 0.4) is 0 Å². The average Bonchev–Trinajstić information content (AvgIpc) is 2.30. The summed E-state index contributed by atoms with van der Waals surface area (Å²) in [5.41, 5.74) is 0.147. The predicted octanol–water partition coefficient (Wildman–Crippen LogP) is 1.83. The molecule has 1 fully saturated rings. The summed E-state index contributed by atoms with van der Waals surface area (Å²) in [7, 11) is 0. The Morgan fingerprint density at radius 2 is 2.14 bits per heavy atom. The van der Waals surface area contributed by atoms with Gasteiger partial charge in [-0.15, -0.1) is 0 Å². The zero-order chi connectivity index (χ0) is 10.8. The fourth-order valence-electron chi connectivity index (χ4n) is 2.02. The summed E-state index contributed by atoms with van der Waals surface area (Å²) in [5.74, 6) is 0. The lowest BCUT2D eigenvalue weighted by Crippen LogP contribution is -2.33. The largest absolute Gasteiger partial charge is 0.392 e. The SMILES string of the molecule is CC(C)(C)CC(O)CN1CCC(F)C1. The van der Waals surface area contributed by atoms with E-state index in [0.717, 1.165) is 13.0 Å². The molecule has 1 rings (SSSR count). The van der Waals surface area contributed by atoms with Gasteiger partial charge in [-0.25, -0.2) is 4.39 Å². The van der Waals surface area contributed by atoms with Crippen LogP contribution in [0.4, 0.5) is 4.39 Å². The number of halogens is 1. The van der Waals surface area contributed by atoms with Crippen LogP contribution in [0.1, 0.15) is 33.6 Å². The van der Waals surface area contributed by atoms with E-state index in [9.17, 15) is 9.50 Å². The molecule has 0 aromatic heterocycles. The Kier molecular flexibility index (Phi) is 3.90. The molecule has 1 N–H and O–H groups in total. The van der Waals surface area contributed by atoms with Gasteiger partial charge in [-0.2, -0.15) is 0 Å².